The summed E-state index contributed by atoms with van der Waals surface area (Å²) in [6.45, 7) is 1.08. The first-order valence-corrected chi connectivity index (χ1v) is 6.52. The van der Waals surface area contributed by atoms with E-state index in [1.165, 1.54) is 12.8 Å². The maximum absolute atomic E-state index is 5.63. The van der Waals surface area contributed by atoms with Gasteiger partial charge in [-0.1, -0.05) is 35.5 Å². The summed E-state index contributed by atoms with van der Waals surface area (Å²) in [5, 5.41) is 5.70. The summed E-state index contributed by atoms with van der Waals surface area (Å²) in [5.74, 6) is 1.95. The van der Waals surface area contributed by atoms with Crippen molar-refractivity contribution in [2.75, 3.05) is 7.05 Å². The largest absolute Gasteiger partial charge is 0.339 e. The molecule has 0 amide bonds. The molecule has 1 aliphatic rings. The maximum Gasteiger partial charge on any atom is 0.229 e. The first-order valence-electron chi connectivity index (χ1n) is 6.52. The molecule has 100 valence electrons. The van der Waals surface area contributed by atoms with Crippen LogP contribution in [-0.2, 0) is 18.0 Å². The molecule has 3 rings (SSSR count). The summed E-state index contributed by atoms with van der Waals surface area (Å²) in [6, 6.07) is 10.1. The Balaban J connectivity index is 1.48. The van der Waals surface area contributed by atoms with E-state index in [-0.39, 0.29) is 0 Å². The highest BCUT2D eigenvalue weighted by Crippen LogP contribution is 2.38. The Morgan fingerprint density at radius 2 is 2.11 bits per heavy atom. The van der Waals surface area contributed by atoms with Crippen molar-refractivity contribution >= 4 is 0 Å². The summed E-state index contributed by atoms with van der Waals surface area (Å²) in [6.07, 6.45) is 2.34. The van der Waals surface area contributed by atoms with E-state index in [0.717, 1.165) is 11.5 Å². The quantitative estimate of drug-likeness (QED) is 0.746. The predicted octanol–water partition coefficient (Wildman–Crippen LogP) is 2.51. The molecule has 0 radical (unpaired) electrons. The van der Waals surface area contributed by atoms with Crippen LogP contribution < -0.4 is 0 Å². The highest BCUT2D eigenvalue weighted by Gasteiger charge is 2.29. The first kappa shape index (κ1) is 12.3. The number of hydroxylamine groups is 2. The van der Waals surface area contributed by atoms with Gasteiger partial charge >= 0.3 is 0 Å². The highest BCUT2D eigenvalue weighted by molar-refractivity contribution is 5.13. The lowest BCUT2D eigenvalue weighted by Gasteiger charge is -2.14. The van der Waals surface area contributed by atoms with E-state index in [1.54, 1.807) is 5.06 Å². The lowest BCUT2D eigenvalue weighted by molar-refractivity contribution is -0.159. The molecule has 1 fully saturated rings. The zero-order valence-electron chi connectivity index (χ0n) is 11.0. The molecular formula is C14H17N3O2. The third-order valence-corrected chi connectivity index (χ3v) is 3.07. The Morgan fingerprint density at radius 3 is 2.84 bits per heavy atom. The van der Waals surface area contributed by atoms with Gasteiger partial charge < -0.3 is 4.52 Å². The van der Waals surface area contributed by atoms with Crippen LogP contribution in [0.25, 0.3) is 0 Å². The monoisotopic (exact) mass is 259 g/mol. The Bertz CT molecular complexity index is 522. The van der Waals surface area contributed by atoms with E-state index in [1.807, 2.05) is 37.4 Å². The van der Waals surface area contributed by atoms with Gasteiger partial charge in [0.05, 0.1) is 13.2 Å². The molecule has 0 aliphatic heterocycles. The van der Waals surface area contributed by atoms with Crippen molar-refractivity contribution in [2.45, 2.75) is 31.9 Å². The molecule has 0 saturated heterocycles. The van der Waals surface area contributed by atoms with Crippen molar-refractivity contribution in [1.82, 2.24) is 15.2 Å². The highest BCUT2D eigenvalue weighted by atomic mass is 16.7. The minimum absolute atomic E-state index is 0.497. The van der Waals surface area contributed by atoms with Gasteiger partial charge in [-0.2, -0.15) is 10.0 Å². The first-order chi connectivity index (χ1) is 9.31. The molecule has 19 heavy (non-hydrogen) atoms. The fourth-order valence-electron chi connectivity index (χ4n) is 1.83. The van der Waals surface area contributed by atoms with E-state index in [9.17, 15) is 0 Å². The van der Waals surface area contributed by atoms with Crippen molar-refractivity contribution in [1.29, 1.82) is 0 Å². The second kappa shape index (κ2) is 5.50. The van der Waals surface area contributed by atoms with E-state index < -0.39 is 0 Å². The van der Waals surface area contributed by atoms with Crippen molar-refractivity contribution in [3.63, 3.8) is 0 Å². The van der Waals surface area contributed by atoms with Crippen LogP contribution in [0.2, 0.25) is 0 Å². The van der Waals surface area contributed by atoms with E-state index in [2.05, 4.69) is 10.1 Å². The van der Waals surface area contributed by atoms with Crippen LogP contribution in [0.1, 0.15) is 36.0 Å². The van der Waals surface area contributed by atoms with Gasteiger partial charge in [-0.3, -0.25) is 4.84 Å². The van der Waals surface area contributed by atoms with Crippen LogP contribution in [0, 0.1) is 0 Å². The minimum Gasteiger partial charge on any atom is -0.339 e. The van der Waals surface area contributed by atoms with Crippen LogP contribution >= 0.6 is 0 Å². The van der Waals surface area contributed by atoms with Crippen LogP contribution in [0.5, 0.6) is 0 Å². The van der Waals surface area contributed by atoms with E-state index in [4.69, 9.17) is 9.36 Å². The number of hydrogen-bond donors (Lipinski definition) is 0. The summed E-state index contributed by atoms with van der Waals surface area (Å²) < 4.78 is 5.21. The molecule has 1 heterocycles. The van der Waals surface area contributed by atoms with Gasteiger partial charge in [0, 0.05) is 13.0 Å². The third-order valence-electron chi connectivity index (χ3n) is 3.07. The Morgan fingerprint density at radius 1 is 1.32 bits per heavy atom. The van der Waals surface area contributed by atoms with Crippen LogP contribution in [0.3, 0.4) is 0 Å². The second-order valence-electron chi connectivity index (χ2n) is 4.87. The summed E-state index contributed by atoms with van der Waals surface area (Å²) in [5.41, 5.74) is 1.14. The minimum atomic E-state index is 0.497. The normalized spacial score (nSPS) is 15.1. The molecule has 1 aliphatic carbocycles. The molecule has 2 aromatic rings. The number of hydrogen-bond acceptors (Lipinski definition) is 5. The van der Waals surface area contributed by atoms with Crippen molar-refractivity contribution in [2.24, 2.45) is 0 Å². The summed E-state index contributed by atoms with van der Waals surface area (Å²) in [7, 11) is 1.87. The molecule has 1 aromatic carbocycles. The van der Waals surface area contributed by atoms with E-state index in [0.29, 0.717) is 24.9 Å². The van der Waals surface area contributed by atoms with Crippen molar-refractivity contribution < 1.29 is 9.36 Å². The Kier molecular flexibility index (Phi) is 3.57. The van der Waals surface area contributed by atoms with Gasteiger partial charge in [0.15, 0.2) is 5.82 Å². The molecule has 1 saturated carbocycles. The molecule has 0 atom stereocenters. The lowest BCUT2D eigenvalue weighted by atomic mass is 10.2. The van der Waals surface area contributed by atoms with Gasteiger partial charge in [-0.25, -0.2) is 0 Å². The zero-order valence-corrected chi connectivity index (χ0v) is 11.0. The fraction of sp³-hybridized carbons (Fsp3) is 0.429. The number of nitrogens with zero attached hydrogens (tertiary/aromatic N) is 3. The topological polar surface area (TPSA) is 51.4 Å². The van der Waals surface area contributed by atoms with Crippen molar-refractivity contribution in [3.8, 4) is 0 Å². The average Bonchev–Trinajstić information content (AvgIpc) is 3.19. The molecule has 5 heteroatoms. The predicted molar refractivity (Wildman–Crippen MR) is 69.0 cm³/mol. The zero-order chi connectivity index (χ0) is 13.1. The third kappa shape index (κ3) is 3.39. The number of aromatic nitrogens is 2. The molecule has 0 unspecified atom stereocenters. The van der Waals surface area contributed by atoms with Crippen molar-refractivity contribution in [3.05, 3.63) is 47.6 Å². The molecule has 0 spiro atoms. The van der Waals surface area contributed by atoms with Crippen LogP contribution in [-0.4, -0.2) is 22.3 Å². The number of benzene rings is 1. The summed E-state index contributed by atoms with van der Waals surface area (Å²) >= 11 is 0. The van der Waals surface area contributed by atoms with Gasteiger partial charge in [-0.05, 0) is 18.4 Å². The maximum atomic E-state index is 5.63. The smallest absolute Gasteiger partial charge is 0.229 e. The Hall–Kier alpha value is -1.72. The fourth-order valence-corrected chi connectivity index (χ4v) is 1.83. The molecular weight excluding hydrogens is 242 g/mol. The molecule has 5 nitrogen and oxygen atoms in total. The average molecular weight is 259 g/mol. The SMILES string of the molecule is CN(Cc1noc(C2CC2)n1)OCc1ccccc1. The molecule has 1 aromatic heterocycles. The second-order valence-corrected chi connectivity index (χ2v) is 4.87. The standard InChI is InChI=1S/C14H17N3O2/c1-17(18-10-11-5-3-2-4-6-11)9-13-15-14(19-16-13)12-7-8-12/h2-6,12H,7-10H2,1H3. The van der Waals surface area contributed by atoms with Crippen LogP contribution in [0.4, 0.5) is 0 Å². The van der Waals surface area contributed by atoms with E-state index >= 15 is 0 Å². The van der Waals surface area contributed by atoms with Gasteiger partial charge in [0.2, 0.25) is 5.89 Å². The van der Waals surface area contributed by atoms with Gasteiger partial charge in [0.25, 0.3) is 0 Å². The Labute approximate surface area is 112 Å². The summed E-state index contributed by atoms with van der Waals surface area (Å²) in [4.78, 5) is 10.00. The van der Waals surface area contributed by atoms with Crippen LogP contribution in [0.15, 0.2) is 34.9 Å². The lowest BCUT2D eigenvalue weighted by Crippen LogP contribution is -2.19. The van der Waals surface area contributed by atoms with Gasteiger partial charge in [0.1, 0.15) is 0 Å². The van der Waals surface area contributed by atoms with Gasteiger partial charge in [-0.15, -0.1) is 0 Å². The molecule has 0 N–H and O–H groups in total. The molecule has 0 bridgehead atoms. The number of rotatable bonds is 6.